The van der Waals surface area contributed by atoms with Crippen molar-refractivity contribution in [2.75, 3.05) is 5.32 Å². The molecule has 0 spiro atoms. The zero-order chi connectivity index (χ0) is 21.4. The molecular weight excluding hydrogens is 426 g/mol. The Bertz CT molecular complexity index is 1400. The van der Waals surface area contributed by atoms with Gasteiger partial charge in [0.2, 0.25) is 0 Å². The molecule has 6 heteroatoms. The smallest absolute Gasteiger partial charge is 0.272 e. The highest BCUT2D eigenvalue weighted by molar-refractivity contribution is 7.13. The van der Waals surface area contributed by atoms with Crippen molar-refractivity contribution < 1.29 is 4.79 Å². The number of fused-ring (bicyclic) bond motifs is 1. The highest BCUT2D eigenvalue weighted by atomic mass is 35.5. The Morgan fingerprint density at radius 1 is 1.03 bits per heavy atom. The van der Waals surface area contributed by atoms with E-state index in [4.69, 9.17) is 16.6 Å². The number of halogens is 1. The van der Waals surface area contributed by atoms with Gasteiger partial charge in [-0.3, -0.25) is 4.79 Å². The zero-order valence-corrected chi connectivity index (χ0v) is 18.2. The molecule has 0 aliphatic carbocycles. The van der Waals surface area contributed by atoms with Crippen LogP contribution in [-0.2, 0) is 0 Å². The number of carbonyl (C=O) groups is 1. The number of aryl methyl sites for hydroxylation is 1. The number of thiazole rings is 1. The van der Waals surface area contributed by atoms with Crippen LogP contribution in [0.4, 0.5) is 5.69 Å². The van der Waals surface area contributed by atoms with E-state index in [0.29, 0.717) is 16.4 Å². The van der Waals surface area contributed by atoms with E-state index >= 15 is 0 Å². The minimum absolute atomic E-state index is 0.212. The van der Waals surface area contributed by atoms with Crippen molar-refractivity contribution in [3.63, 3.8) is 0 Å². The second kappa shape index (κ2) is 8.02. The third kappa shape index (κ3) is 3.85. The Kier molecular flexibility index (Phi) is 5.06. The molecule has 1 amide bonds. The van der Waals surface area contributed by atoms with E-state index < -0.39 is 0 Å². The van der Waals surface area contributed by atoms with Gasteiger partial charge in [-0.2, -0.15) is 0 Å². The van der Waals surface area contributed by atoms with E-state index in [0.717, 1.165) is 32.7 Å². The van der Waals surface area contributed by atoms with Crippen molar-refractivity contribution in [3.05, 3.63) is 94.5 Å². The van der Waals surface area contributed by atoms with Crippen molar-refractivity contribution >= 4 is 45.4 Å². The Morgan fingerprint density at radius 2 is 1.84 bits per heavy atom. The van der Waals surface area contributed by atoms with Crippen molar-refractivity contribution in [2.45, 2.75) is 6.92 Å². The van der Waals surface area contributed by atoms with Gasteiger partial charge in [-0.25, -0.2) is 4.98 Å². The second-order valence-corrected chi connectivity index (χ2v) is 8.54. The molecule has 2 N–H and O–H groups in total. The number of rotatable bonds is 4. The molecule has 0 saturated heterocycles. The van der Waals surface area contributed by atoms with Gasteiger partial charge in [0.1, 0.15) is 10.7 Å². The molecule has 2 aromatic heterocycles. The minimum atomic E-state index is -0.212. The van der Waals surface area contributed by atoms with Crippen LogP contribution < -0.4 is 5.32 Å². The third-order valence-corrected chi connectivity index (χ3v) is 6.36. The lowest BCUT2D eigenvalue weighted by Gasteiger charge is -2.05. The van der Waals surface area contributed by atoms with E-state index in [2.05, 4.69) is 34.7 Å². The molecule has 0 aliphatic rings. The van der Waals surface area contributed by atoms with E-state index in [-0.39, 0.29) is 5.91 Å². The van der Waals surface area contributed by atoms with Crippen LogP contribution in [0.3, 0.4) is 0 Å². The molecule has 3 aromatic carbocycles. The number of amides is 1. The van der Waals surface area contributed by atoms with Gasteiger partial charge in [0.25, 0.3) is 5.91 Å². The molecular formula is C25H18ClN3OS. The van der Waals surface area contributed by atoms with Crippen LogP contribution in [0, 0.1) is 6.92 Å². The molecule has 0 saturated carbocycles. The highest BCUT2D eigenvalue weighted by Crippen LogP contribution is 2.31. The lowest BCUT2D eigenvalue weighted by molar-refractivity contribution is 0.102. The summed E-state index contributed by atoms with van der Waals surface area (Å²) in [5.74, 6) is -0.212. The van der Waals surface area contributed by atoms with Gasteiger partial charge in [0.05, 0.1) is 16.2 Å². The van der Waals surface area contributed by atoms with Crippen LogP contribution in [0.5, 0.6) is 0 Å². The van der Waals surface area contributed by atoms with Crippen molar-refractivity contribution in [1.29, 1.82) is 0 Å². The standard InChI is InChI=1S/C25H18ClN3OS/c1-15-5-2-3-7-19(15)25-29-22(14-31-25)16-9-11-18(12-10-16)27-24(30)21-13-17-6-4-8-20(26)23(17)28-21/h2-14,28H,1H3,(H,27,30). The molecule has 2 heterocycles. The van der Waals surface area contributed by atoms with Gasteiger partial charge in [0, 0.05) is 27.6 Å². The second-order valence-electron chi connectivity index (χ2n) is 7.27. The van der Waals surface area contributed by atoms with Crippen LogP contribution in [0.1, 0.15) is 16.1 Å². The van der Waals surface area contributed by atoms with E-state index in [9.17, 15) is 4.79 Å². The van der Waals surface area contributed by atoms with Crippen LogP contribution in [-0.4, -0.2) is 15.9 Å². The Labute approximate surface area is 188 Å². The predicted molar refractivity (Wildman–Crippen MR) is 129 cm³/mol. The van der Waals surface area contributed by atoms with E-state index in [1.54, 1.807) is 23.5 Å². The molecule has 31 heavy (non-hydrogen) atoms. The first-order valence-electron chi connectivity index (χ1n) is 9.79. The van der Waals surface area contributed by atoms with Crippen molar-refractivity contribution in [1.82, 2.24) is 9.97 Å². The Hall–Kier alpha value is -3.41. The summed E-state index contributed by atoms with van der Waals surface area (Å²) < 4.78 is 0. The maximum absolute atomic E-state index is 12.6. The number of nitrogens with zero attached hydrogens (tertiary/aromatic N) is 1. The number of aromatic nitrogens is 2. The number of aromatic amines is 1. The van der Waals surface area contributed by atoms with Gasteiger partial charge < -0.3 is 10.3 Å². The average Bonchev–Trinajstić information content (AvgIpc) is 3.43. The number of hydrogen-bond acceptors (Lipinski definition) is 3. The maximum atomic E-state index is 12.6. The summed E-state index contributed by atoms with van der Waals surface area (Å²) >= 11 is 7.82. The lowest BCUT2D eigenvalue weighted by atomic mass is 10.1. The van der Waals surface area contributed by atoms with E-state index in [1.165, 1.54) is 5.56 Å². The molecule has 0 atom stereocenters. The number of H-pyrrole nitrogens is 1. The highest BCUT2D eigenvalue weighted by Gasteiger charge is 2.12. The molecule has 5 rings (SSSR count). The van der Waals surface area contributed by atoms with E-state index in [1.807, 2.05) is 48.5 Å². The first-order valence-corrected chi connectivity index (χ1v) is 11.0. The molecule has 5 aromatic rings. The zero-order valence-electron chi connectivity index (χ0n) is 16.6. The summed E-state index contributed by atoms with van der Waals surface area (Å²) in [6.07, 6.45) is 0. The van der Waals surface area contributed by atoms with Crippen LogP contribution in [0.25, 0.3) is 32.7 Å². The average molecular weight is 444 g/mol. The molecule has 0 bridgehead atoms. The molecule has 0 unspecified atom stereocenters. The van der Waals surface area contributed by atoms with Crippen molar-refractivity contribution in [2.24, 2.45) is 0 Å². The number of carbonyl (C=O) groups excluding carboxylic acids is 1. The quantitative estimate of drug-likeness (QED) is 0.309. The summed E-state index contributed by atoms with van der Waals surface area (Å²) in [5, 5.41) is 7.48. The Morgan fingerprint density at radius 3 is 2.61 bits per heavy atom. The normalized spacial score (nSPS) is 11.0. The monoisotopic (exact) mass is 443 g/mol. The fraction of sp³-hybridized carbons (Fsp3) is 0.0400. The summed E-state index contributed by atoms with van der Waals surface area (Å²) in [7, 11) is 0. The summed E-state index contributed by atoms with van der Waals surface area (Å²) in [4.78, 5) is 20.5. The van der Waals surface area contributed by atoms with Crippen LogP contribution >= 0.6 is 22.9 Å². The summed E-state index contributed by atoms with van der Waals surface area (Å²) in [5.41, 5.74) is 6.23. The lowest BCUT2D eigenvalue weighted by Crippen LogP contribution is -2.12. The van der Waals surface area contributed by atoms with Gasteiger partial charge >= 0.3 is 0 Å². The first-order chi connectivity index (χ1) is 15.1. The summed E-state index contributed by atoms with van der Waals surface area (Å²) in [6.45, 7) is 2.09. The summed E-state index contributed by atoms with van der Waals surface area (Å²) in [6, 6.07) is 23.3. The molecule has 4 nitrogen and oxygen atoms in total. The third-order valence-electron chi connectivity index (χ3n) is 5.17. The fourth-order valence-corrected chi connectivity index (χ4v) is 4.66. The molecule has 152 valence electrons. The predicted octanol–water partition coefficient (Wildman–Crippen LogP) is 7.17. The maximum Gasteiger partial charge on any atom is 0.272 e. The molecule has 0 radical (unpaired) electrons. The molecule has 0 fully saturated rings. The number of nitrogens with one attached hydrogen (secondary N) is 2. The number of hydrogen-bond donors (Lipinski definition) is 2. The van der Waals surface area contributed by atoms with Crippen LogP contribution in [0.15, 0.2) is 78.2 Å². The van der Waals surface area contributed by atoms with Gasteiger partial charge in [-0.15, -0.1) is 11.3 Å². The topological polar surface area (TPSA) is 57.8 Å². The van der Waals surface area contributed by atoms with Crippen LogP contribution in [0.2, 0.25) is 5.02 Å². The number of para-hydroxylation sites is 1. The minimum Gasteiger partial charge on any atom is -0.349 e. The Balaban J connectivity index is 1.34. The molecule has 0 aliphatic heterocycles. The largest absolute Gasteiger partial charge is 0.349 e. The van der Waals surface area contributed by atoms with Gasteiger partial charge in [-0.1, -0.05) is 60.1 Å². The first kappa shape index (κ1) is 19.5. The van der Waals surface area contributed by atoms with Gasteiger partial charge in [0.15, 0.2) is 0 Å². The van der Waals surface area contributed by atoms with Gasteiger partial charge in [-0.05, 0) is 36.8 Å². The number of anilines is 1. The SMILES string of the molecule is Cc1ccccc1-c1nc(-c2ccc(NC(=O)c3cc4cccc(Cl)c4[nH]3)cc2)cs1. The number of benzene rings is 3. The van der Waals surface area contributed by atoms with Crippen molar-refractivity contribution in [3.8, 4) is 21.8 Å². The fourth-order valence-electron chi connectivity index (χ4n) is 3.51.